The van der Waals surface area contributed by atoms with Gasteiger partial charge in [0.25, 0.3) is 5.56 Å². The predicted molar refractivity (Wildman–Crippen MR) is 98.2 cm³/mol. The number of thiophene rings is 2. The highest BCUT2D eigenvalue weighted by Crippen LogP contribution is 2.18. The monoisotopic (exact) mass is 358 g/mol. The Hall–Kier alpha value is -2.18. The van der Waals surface area contributed by atoms with E-state index in [1.807, 2.05) is 39.9 Å². The minimum Gasteiger partial charge on any atom is -0.332 e. The normalized spacial score (nSPS) is 10.7. The van der Waals surface area contributed by atoms with Gasteiger partial charge in [-0.1, -0.05) is 18.2 Å². The van der Waals surface area contributed by atoms with Crippen LogP contribution in [-0.2, 0) is 24.4 Å². The molecule has 3 aromatic rings. The molecule has 0 atom stereocenters. The smallest absolute Gasteiger partial charge is 0.250 e. The molecule has 0 aliphatic rings. The maximum absolute atomic E-state index is 12.7. The van der Waals surface area contributed by atoms with Gasteiger partial charge >= 0.3 is 0 Å². The molecule has 0 aliphatic carbocycles. The number of hydrogen-bond donors (Lipinski definition) is 0. The Morgan fingerprint density at radius 2 is 1.62 bits per heavy atom. The van der Waals surface area contributed by atoms with Crippen molar-refractivity contribution < 1.29 is 4.79 Å². The van der Waals surface area contributed by atoms with Gasteiger partial charge in [0, 0.05) is 35.0 Å². The van der Waals surface area contributed by atoms with Crippen LogP contribution in [0.4, 0.5) is 0 Å². The SMILES string of the molecule is O=C(CCn1ccccc1=O)N(Cc1cccs1)Cc1cccs1. The molecule has 0 saturated heterocycles. The van der Waals surface area contributed by atoms with Crippen LogP contribution in [0, 0.1) is 0 Å². The van der Waals surface area contributed by atoms with Gasteiger partial charge in [0.1, 0.15) is 0 Å². The van der Waals surface area contributed by atoms with E-state index < -0.39 is 0 Å². The zero-order valence-electron chi connectivity index (χ0n) is 13.1. The third-order valence-corrected chi connectivity index (χ3v) is 5.39. The van der Waals surface area contributed by atoms with Crippen LogP contribution < -0.4 is 5.56 Å². The molecule has 0 bridgehead atoms. The third-order valence-electron chi connectivity index (χ3n) is 3.67. The standard InChI is InChI=1S/C18H18N2O2S2/c21-17-7-1-2-9-19(17)10-8-18(22)20(13-15-5-3-11-23-15)14-16-6-4-12-24-16/h1-7,9,11-12H,8,10,13-14H2. The molecule has 3 aromatic heterocycles. The molecule has 0 saturated carbocycles. The Labute approximate surface area is 148 Å². The van der Waals surface area contributed by atoms with E-state index in [2.05, 4.69) is 0 Å². The quantitative estimate of drug-likeness (QED) is 0.648. The number of amides is 1. The van der Waals surface area contributed by atoms with Crippen molar-refractivity contribution in [3.63, 3.8) is 0 Å². The van der Waals surface area contributed by atoms with E-state index in [4.69, 9.17) is 0 Å². The number of aryl methyl sites for hydroxylation is 1. The molecule has 3 heterocycles. The first-order valence-electron chi connectivity index (χ1n) is 7.70. The Kier molecular flexibility index (Phi) is 5.61. The molecule has 4 nitrogen and oxygen atoms in total. The fraction of sp³-hybridized carbons (Fsp3) is 0.222. The molecule has 0 unspecified atom stereocenters. The number of hydrogen-bond acceptors (Lipinski definition) is 4. The van der Waals surface area contributed by atoms with Crippen molar-refractivity contribution in [3.05, 3.63) is 79.5 Å². The van der Waals surface area contributed by atoms with Gasteiger partial charge < -0.3 is 9.47 Å². The Bertz CT molecular complexity index is 787. The fourth-order valence-electron chi connectivity index (χ4n) is 2.43. The van der Waals surface area contributed by atoms with E-state index in [1.165, 1.54) is 6.07 Å². The van der Waals surface area contributed by atoms with Gasteiger partial charge in [-0.25, -0.2) is 0 Å². The van der Waals surface area contributed by atoms with Crippen LogP contribution in [0.25, 0.3) is 0 Å². The first-order valence-corrected chi connectivity index (χ1v) is 9.46. The lowest BCUT2D eigenvalue weighted by molar-refractivity contribution is -0.132. The number of carbonyl (C=O) groups is 1. The molecule has 0 aliphatic heterocycles. The van der Waals surface area contributed by atoms with Crippen LogP contribution in [0.3, 0.4) is 0 Å². The summed E-state index contributed by atoms with van der Waals surface area (Å²) in [5, 5.41) is 4.04. The van der Waals surface area contributed by atoms with Gasteiger partial charge in [0.15, 0.2) is 0 Å². The molecule has 124 valence electrons. The van der Waals surface area contributed by atoms with Crippen molar-refractivity contribution in [1.82, 2.24) is 9.47 Å². The summed E-state index contributed by atoms with van der Waals surface area (Å²) in [6.07, 6.45) is 2.04. The van der Waals surface area contributed by atoms with Crippen molar-refractivity contribution in [2.24, 2.45) is 0 Å². The molecule has 0 radical (unpaired) electrons. The number of nitrogens with zero attached hydrogens (tertiary/aromatic N) is 2. The van der Waals surface area contributed by atoms with Crippen molar-refractivity contribution in [2.75, 3.05) is 0 Å². The second-order valence-corrected chi connectivity index (χ2v) is 7.46. The van der Waals surface area contributed by atoms with Crippen molar-refractivity contribution >= 4 is 28.6 Å². The fourth-order valence-corrected chi connectivity index (χ4v) is 3.87. The number of carbonyl (C=O) groups excluding carboxylic acids is 1. The van der Waals surface area contributed by atoms with E-state index in [1.54, 1.807) is 45.6 Å². The predicted octanol–water partition coefficient (Wildman–Crippen LogP) is 3.59. The molecular formula is C18H18N2O2S2. The van der Waals surface area contributed by atoms with Crippen LogP contribution in [0.1, 0.15) is 16.2 Å². The van der Waals surface area contributed by atoms with Crippen molar-refractivity contribution in [3.8, 4) is 0 Å². The van der Waals surface area contributed by atoms with E-state index in [0.717, 1.165) is 9.75 Å². The Morgan fingerprint density at radius 1 is 0.958 bits per heavy atom. The summed E-state index contributed by atoms with van der Waals surface area (Å²) in [4.78, 5) is 28.6. The van der Waals surface area contributed by atoms with Gasteiger partial charge in [0.2, 0.25) is 5.91 Å². The van der Waals surface area contributed by atoms with Gasteiger partial charge in [-0.3, -0.25) is 9.59 Å². The first-order chi connectivity index (χ1) is 11.7. The van der Waals surface area contributed by atoms with E-state index in [-0.39, 0.29) is 11.5 Å². The van der Waals surface area contributed by atoms with E-state index >= 15 is 0 Å². The average molecular weight is 358 g/mol. The number of rotatable bonds is 7. The summed E-state index contributed by atoms with van der Waals surface area (Å²) in [6.45, 7) is 1.63. The van der Waals surface area contributed by atoms with Gasteiger partial charge in [-0.15, -0.1) is 22.7 Å². The molecule has 0 N–H and O–H groups in total. The second-order valence-electron chi connectivity index (χ2n) is 5.39. The summed E-state index contributed by atoms with van der Waals surface area (Å²) in [6, 6.07) is 13.1. The highest BCUT2D eigenvalue weighted by Gasteiger charge is 2.16. The van der Waals surface area contributed by atoms with Crippen LogP contribution >= 0.6 is 22.7 Å². The summed E-state index contributed by atoms with van der Waals surface area (Å²) in [7, 11) is 0. The minimum atomic E-state index is -0.0756. The van der Waals surface area contributed by atoms with Crippen LogP contribution in [0.15, 0.2) is 64.2 Å². The maximum atomic E-state index is 12.7. The van der Waals surface area contributed by atoms with Crippen LogP contribution in [-0.4, -0.2) is 15.4 Å². The molecule has 0 fully saturated rings. The van der Waals surface area contributed by atoms with Gasteiger partial charge in [0.05, 0.1) is 13.1 Å². The minimum absolute atomic E-state index is 0.0625. The first kappa shape index (κ1) is 16.7. The largest absolute Gasteiger partial charge is 0.332 e. The molecule has 1 amide bonds. The zero-order valence-corrected chi connectivity index (χ0v) is 14.8. The van der Waals surface area contributed by atoms with Crippen molar-refractivity contribution in [2.45, 2.75) is 26.1 Å². The van der Waals surface area contributed by atoms with Crippen LogP contribution in [0.2, 0.25) is 0 Å². The summed E-state index contributed by atoms with van der Waals surface area (Å²) >= 11 is 3.30. The molecule has 6 heteroatoms. The van der Waals surface area contributed by atoms with Gasteiger partial charge in [-0.05, 0) is 29.0 Å². The average Bonchev–Trinajstić information content (AvgIpc) is 3.27. The van der Waals surface area contributed by atoms with Crippen LogP contribution in [0.5, 0.6) is 0 Å². The highest BCUT2D eigenvalue weighted by molar-refractivity contribution is 7.10. The molecule has 0 aromatic carbocycles. The lowest BCUT2D eigenvalue weighted by Crippen LogP contribution is -2.31. The maximum Gasteiger partial charge on any atom is 0.250 e. The molecule has 24 heavy (non-hydrogen) atoms. The third kappa shape index (κ3) is 4.43. The number of pyridine rings is 1. The Morgan fingerprint density at radius 3 is 2.17 bits per heavy atom. The Balaban J connectivity index is 1.68. The summed E-state index contributed by atoms with van der Waals surface area (Å²) in [5.74, 6) is 0.0625. The van der Waals surface area contributed by atoms with Crippen molar-refractivity contribution in [1.29, 1.82) is 0 Å². The zero-order chi connectivity index (χ0) is 16.8. The van der Waals surface area contributed by atoms with E-state index in [9.17, 15) is 9.59 Å². The lowest BCUT2D eigenvalue weighted by Gasteiger charge is -2.22. The molecule has 3 rings (SSSR count). The topological polar surface area (TPSA) is 42.3 Å². The van der Waals surface area contributed by atoms with Gasteiger partial charge in [-0.2, -0.15) is 0 Å². The van der Waals surface area contributed by atoms with E-state index in [0.29, 0.717) is 26.1 Å². The molecule has 0 spiro atoms. The lowest BCUT2D eigenvalue weighted by atomic mass is 10.3. The number of aromatic nitrogens is 1. The second kappa shape index (κ2) is 8.08. The summed E-state index contributed by atoms with van der Waals surface area (Å²) in [5.41, 5.74) is -0.0756. The molecular weight excluding hydrogens is 340 g/mol. The summed E-state index contributed by atoms with van der Waals surface area (Å²) < 4.78 is 1.58. The highest BCUT2D eigenvalue weighted by atomic mass is 32.1.